The predicted molar refractivity (Wildman–Crippen MR) is 604 cm³/mol. The summed E-state index contributed by atoms with van der Waals surface area (Å²) in [6.07, 6.45) is 36.6. The maximum Gasteiger partial charge on any atom is 0.181 e. The molecule has 20 aromatic rings. The average Bonchev–Trinajstić information content (AvgIpc) is 1.75. The summed E-state index contributed by atoms with van der Waals surface area (Å²) in [5, 5.41) is 31.6. The van der Waals surface area contributed by atoms with E-state index < -0.39 is 0 Å². The number of thiazole rings is 1. The van der Waals surface area contributed by atoms with Gasteiger partial charge in [-0.1, -0.05) is 10.3 Å². The SMILES string of the molecule is Cc1cccn1C.Cc1ccn(C)c1C.Cc1ccnn1C.Cc1ccoc1C.Cc1ccsc1C.Cc1cn(C)cc1C.Cc1cn(C)nc1C.Cc1cncn1C.Cc1cnn(C)c1C.Cc1cnoc1C.Cc1cnsc1C.Cc1cocc1C.Cc1conc1C.Cc1cscc1C.Cc1csnc1C.Cc1nccn1C.Cc1ncn(C)c1C.Cc1ncnn1C.Cc1ncoc1C.Cc1ncsc1C. The van der Waals surface area contributed by atoms with Crippen molar-refractivity contribution in [2.45, 2.75) is 242 Å². The van der Waals surface area contributed by atoms with Gasteiger partial charge in [-0.05, 0) is 390 Å². The number of hydrogen-bond acceptors (Lipinski definition) is 24. The Morgan fingerprint density at radius 2 is 0.993 bits per heavy atom. The van der Waals surface area contributed by atoms with Crippen molar-refractivity contribution in [2.75, 3.05) is 0 Å². The molecule has 0 atom stereocenters. The number of aryl methyl sites for hydroxylation is 42. The number of nitrogens with zero attached hydrogens (tertiary/aromatic N) is 24. The minimum Gasteiger partial charge on any atom is -0.472 e. The van der Waals surface area contributed by atoms with Crippen molar-refractivity contribution >= 4 is 57.1 Å². The lowest BCUT2D eigenvalue weighted by Crippen LogP contribution is -1.91. The third kappa shape index (κ3) is 54.3. The zero-order chi connectivity index (χ0) is 110. The van der Waals surface area contributed by atoms with E-state index in [1.54, 1.807) is 100 Å². The summed E-state index contributed by atoms with van der Waals surface area (Å²) in [6, 6.07) is 12.3. The molecular weight excluding hydrogens is 1910 g/mol. The maximum atomic E-state index is 4.96. The summed E-state index contributed by atoms with van der Waals surface area (Å²) < 4.78 is 51.5. The van der Waals surface area contributed by atoms with E-state index in [1.165, 1.54) is 145 Å². The molecule has 0 aliphatic carbocycles. The van der Waals surface area contributed by atoms with Crippen LogP contribution in [0.3, 0.4) is 0 Å². The first-order valence-corrected chi connectivity index (χ1v) is 51.4. The average molecular weight is 2080 g/mol. The summed E-state index contributed by atoms with van der Waals surface area (Å²) in [4.78, 5) is 27.8. The zero-order valence-corrected chi connectivity index (χ0v) is 99.3. The van der Waals surface area contributed by atoms with Gasteiger partial charge in [-0.2, -0.15) is 36.1 Å². The van der Waals surface area contributed by atoms with Crippen LogP contribution >= 0.6 is 57.1 Å². The Hall–Kier alpha value is -13.3. The smallest absolute Gasteiger partial charge is 0.181 e. The van der Waals surface area contributed by atoms with Crippen LogP contribution in [0.4, 0.5) is 0 Å². The van der Waals surface area contributed by atoms with Gasteiger partial charge in [0.2, 0.25) is 0 Å². The molecule has 0 amide bonds. The van der Waals surface area contributed by atoms with Crippen LogP contribution in [-0.2, 0) is 70.5 Å². The molecule has 20 aromatic heterocycles. The molecule has 0 bridgehead atoms. The Bertz CT molecular complexity index is 5110. The van der Waals surface area contributed by atoms with Crippen LogP contribution < -0.4 is 0 Å². The molecule has 20 rings (SSSR count). The number of oxazole rings is 1. The van der Waals surface area contributed by atoms with Gasteiger partial charge < -0.3 is 49.7 Å². The molecule has 0 fully saturated rings. The van der Waals surface area contributed by atoms with Gasteiger partial charge in [-0.3, -0.25) is 18.7 Å². The molecule has 34 heteroatoms. The van der Waals surface area contributed by atoms with Gasteiger partial charge in [0, 0.05) is 198 Å². The van der Waals surface area contributed by atoms with E-state index in [0.717, 1.165) is 74.2 Å². The second-order valence-electron chi connectivity index (χ2n) is 34.7. The summed E-state index contributed by atoms with van der Waals surface area (Å²) in [5.74, 6) is 4.82. The van der Waals surface area contributed by atoms with Crippen molar-refractivity contribution in [3.05, 3.63) is 384 Å². The van der Waals surface area contributed by atoms with E-state index in [1.807, 2.05) is 283 Å². The standard InChI is InChI=1S/2C7H11N.3C6H10N2.C6H9N.2C6H8O.2C6H8S.3C5H8N2.3C5H7NO.3C5H7NS.C4H7N3/c1-6-4-8(3)5-7(6)2;1-6-4-5-8(3)7(6)2;1-5-6(2)8(3)4-7-5;1-5-4-8(3)7-6(5)2;1-5-4-7-8(3)6(5)2;1-6-4-3-5-7(6)2;1-5-3-7-4-6(5)2;1-5-3-4-7-6(5)2;1-5-3-7-4-6(5)2;1-5-3-4-7-6(5)2;1-5-3-6-4-7(5)2;1-5-6-3-4-7(5)2;1-5-3-4-6-7(5)2;1-4-5(2)7-3-6-4;1-4-3-7-6-5(4)2;1-4-3-6-7-5(4)2;1-4-5(2)7-3-6-4;1-4-3-7-6-5(4)2;1-4-3-6-7-5(4)2;1-4-5-3-6-7(4)2/h2*4-5H,1-3H3;3*4H,1-3H3;3-5H,1-2H3;7*3-4H,1-2H3;7*3H,1-2H3. The molecule has 0 aliphatic heterocycles. The van der Waals surface area contributed by atoms with Gasteiger partial charge in [0.25, 0.3) is 0 Å². The summed E-state index contributed by atoms with van der Waals surface area (Å²) >= 11 is 8.33. The third-order valence-electron chi connectivity index (χ3n) is 23.0. The molecule has 29 nitrogen and oxygen atoms in total. The van der Waals surface area contributed by atoms with Crippen LogP contribution in [-0.4, -0.2) is 115 Å². The Morgan fingerprint density at radius 1 is 0.345 bits per heavy atom. The van der Waals surface area contributed by atoms with Crippen LogP contribution in [0.2, 0.25) is 0 Å². The van der Waals surface area contributed by atoms with Crippen LogP contribution in [0.1, 0.15) is 195 Å². The molecule has 790 valence electrons. The fourth-order valence-electron chi connectivity index (χ4n) is 9.57. The first kappa shape index (κ1) is 130. The normalized spacial score (nSPS) is 9.55. The molecule has 0 aliphatic rings. The summed E-state index contributed by atoms with van der Waals surface area (Å²) in [6.45, 7) is 71.2. The number of thiophene rings is 2. The molecular formula is C111H166N24O5S5. The van der Waals surface area contributed by atoms with Crippen molar-refractivity contribution in [1.82, 2.24) is 115 Å². The lowest BCUT2D eigenvalue weighted by Gasteiger charge is -1.93. The van der Waals surface area contributed by atoms with E-state index in [2.05, 4.69) is 271 Å². The molecule has 20 heterocycles. The fraction of sp³-hybridized carbons (Fsp3) is 0.405. The third-order valence-corrected chi connectivity index (χ3v) is 27.4. The van der Waals surface area contributed by atoms with Crippen molar-refractivity contribution in [1.29, 1.82) is 0 Å². The predicted octanol–water partition coefficient (Wildman–Crippen LogP) is 27.7. The number of imidazole rings is 3. The highest BCUT2D eigenvalue weighted by Crippen LogP contribution is 2.16. The van der Waals surface area contributed by atoms with E-state index >= 15 is 0 Å². The molecule has 0 saturated heterocycles. The Morgan fingerprint density at radius 3 is 1.13 bits per heavy atom. The topological polar surface area (TPSA) is 295 Å². The molecule has 0 N–H and O–H groups in total. The fourth-order valence-corrected chi connectivity index (χ4v) is 13.0. The minimum atomic E-state index is 0.903. The van der Waals surface area contributed by atoms with Crippen molar-refractivity contribution in [3.63, 3.8) is 0 Å². The zero-order valence-electron chi connectivity index (χ0n) is 95.2. The first-order valence-electron chi connectivity index (χ1n) is 47.1. The van der Waals surface area contributed by atoms with E-state index in [9.17, 15) is 0 Å². The highest BCUT2D eigenvalue weighted by molar-refractivity contribution is 7.10. The molecule has 0 radical (unpaired) electrons. The number of furan rings is 2. The number of hydrogen-bond donors (Lipinski definition) is 0. The number of aromatic nitrogens is 24. The lowest BCUT2D eigenvalue weighted by molar-refractivity contribution is 0.396. The molecule has 0 spiro atoms. The van der Waals surface area contributed by atoms with Crippen LogP contribution in [0.25, 0.3) is 0 Å². The summed E-state index contributed by atoms with van der Waals surface area (Å²) in [5.41, 5.74) is 35.2. The van der Waals surface area contributed by atoms with Crippen molar-refractivity contribution in [2.24, 2.45) is 70.5 Å². The van der Waals surface area contributed by atoms with Crippen LogP contribution in [0, 0.1) is 242 Å². The van der Waals surface area contributed by atoms with Crippen LogP contribution in [0.5, 0.6) is 0 Å². The molecule has 145 heavy (non-hydrogen) atoms. The quantitative estimate of drug-likeness (QED) is 0.136. The van der Waals surface area contributed by atoms with Gasteiger partial charge in [-0.25, -0.2) is 34.3 Å². The van der Waals surface area contributed by atoms with Crippen molar-refractivity contribution in [3.8, 4) is 0 Å². The summed E-state index contributed by atoms with van der Waals surface area (Å²) in [7, 11) is 19.7. The van der Waals surface area contributed by atoms with Gasteiger partial charge in [-0.15, -0.1) is 22.7 Å². The van der Waals surface area contributed by atoms with Crippen molar-refractivity contribution < 1.29 is 22.3 Å². The number of rotatable bonds is 0. The van der Waals surface area contributed by atoms with Gasteiger partial charge >= 0.3 is 0 Å². The molecule has 0 saturated carbocycles. The lowest BCUT2D eigenvalue weighted by atomic mass is 10.2. The minimum absolute atomic E-state index is 0.903. The van der Waals surface area contributed by atoms with Gasteiger partial charge in [0.05, 0.1) is 83.5 Å². The molecule has 0 unspecified atom stereocenters. The first-order chi connectivity index (χ1) is 68.1. The monoisotopic (exact) mass is 2080 g/mol. The molecule has 0 aromatic carbocycles. The highest BCUT2D eigenvalue weighted by Gasteiger charge is 2.02. The van der Waals surface area contributed by atoms with Gasteiger partial charge in [0.15, 0.2) is 6.39 Å². The van der Waals surface area contributed by atoms with Gasteiger partial charge in [0.1, 0.15) is 41.5 Å². The largest absolute Gasteiger partial charge is 0.472 e. The van der Waals surface area contributed by atoms with E-state index in [-0.39, 0.29) is 0 Å². The maximum absolute atomic E-state index is 4.96. The second-order valence-corrected chi connectivity index (χ2v) is 39.3. The van der Waals surface area contributed by atoms with E-state index in [4.69, 9.17) is 17.8 Å². The Labute approximate surface area is 885 Å². The Kier molecular flexibility index (Phi) is 63.0. The second kappa shape index (κ2) is 70.4. The Balaban J connectivity index is 0.000000763. The van der Waals surface area contributed by atoms with Crippen LogP contribution in [0.15, 0.2) is 211 Å². The van der Waals surface area contributed by atoms with E-state index in [0.29, 0.717) is 0 Å². The highest BCUT2D eigenvalue weighted by atomic mass is 32.1.